The summed E-state index contributed by atoms with van der Waals surface area (Å²) in [6.07, 6.45) is 7.51. The van der Waals surface area contributed by atoms with Gasteiger partial charge in [-0.15, -0.1) is 0 Å². The lowest BCUT2D eigenvalue weighted by Gasteiger charge is -2.14. The average molecular weight is 250 g/mol. The SMILES string of the molecule is CC(C)C(Cc1ccn(C2CCCC2)n1)C(=O)O. The Morgan fingerprint density at radius 3 is 2.72 bits per heavy atom. The van der Waals surface area contributed by atoms with Gasteiger partial charge in [0, 0.05) is 12.6 Å². The van der Waals surface area contributed by atoms with Crippen LogP contribution in [-0.2, 0) is 11.2 Å². The van der Waals surface area contributed by atoms with Gasteiger partial charge in [0.05, 0.1) is 17.7 Å². The fourth-order valence-corrected chi connectivity index (χ4v) is 2.69. The highest BCUT2D eigenvalue weighted by molar-refractivity contribution is 5.70. The van der Waals surface area contributed by atoms with Crippen molar-refractivity contribution in [1.82, 2.24) is 9.78 Å². The Bertz CT molecular complexity index is 406. The zero-order chi connectivity index (χ0) is 13.1. The Labute approximate surface area is 108 Å². The Hall–Kier alpha value is -1.32. The van der Waals surface area contributed by atoms with Crippen molar-refractivity contribution in [2.75, 3.05) is 0 Å². The van der Waals surface area contributed by atoms with Crippen LogP contribution in [0, 0.1) is 11.8 Å². The summed E-state index contributed by atoms with van der Waals surface area (Å²) < 4.78 is 2.03. The first kappa shape index (κ1) is 13.1. The molecule has 0 spiro atoms. The molecule has 100 valence electrons. The van der Waals surface area contributed by atoms with Gasteiger partial charge >= 0.3 is 5.97 Å². The van der Waals surface area contributed by atoms with E-state index in [1.165, 1.54) is 25.7 Å². The first-order valence-electron chi connectivity index (χ1n) is 6.84. The summed E-state index contributed by atoms with van der Waals surface area (Å²) in [5.74, 6) is -0.920. The van der Waals surface area contributed by atoms with E-state index in [1.54, 1.807) is 0 Å². The van der Waals surface area contributed by atoms with E-state index in [4.69, 9.17) is 0 Å². The minimum absolute atomic E-state index is 0.138. The van der Waals surface area contributed by atoms with Gasteiger partial charge in [-0.2, -0.15) is 5.10 Å². The van der Waals surface area contributed by atoms with Crippen LogP contribution >= 0.6 is 0 Å². The second-order valence-electron chi connectivity index (χ2n) is 5.62. The lowest BCUT2D eigenvalue weighted by Crippen LogP contribution is -2.22. The molecule has 4 nitrogen and oxygen atoms in total. The van der Waals surface area contributed by atoms with Crippen LogP contribution in [0.2, 0.25) is 0 Å². The van der Waals surface area contributed by atoms with Gasteiger partial charge < -0.3 is 5.11 Å². The molecule has 1 aromatic rings. The largest absolute Gasteiger partial charge is 0.481 e. The molecule has 2 rings (SSSR count). The highest BCUT2D eigenvalue weighted by atomic mass is 16.4. The highest BCUT2D eigenvalue weighted by Crippen LogP contribution is 2.29. The van der Waals surface area contributed by atoms with Gasteiger partial charge in [-0.05, 0) is 24.8 Å². The van der Waals surface area contributed by atoms with Gasteiger partial charge in [-0.1, -0.05) is 26.7 Å². The molecular weight excluding hydrogens is 228 g/mol. The fourth-order valence-electron chi connectivity index (χ4n) is 2.69. The summed E-state index contributed by atoms with van der Waals surface area (Å²) in [4.78, 5) is 11.2. The number of carboxylic acids is 1. The molecule has 4 heteroatoms. The van der Waals surface area contributed by atoms with E-state index in [1.807, 2.05) is 30.8 Å². The zero-order valence-corrected chi connectivity index (χ0v) is 11.2. The van der Waals surface area contributed by atoms with Crippen molar-refractivity contribution in [2.24, 2.45) is 11.8 Å². The van der Waals surface area contributed by atoms with Crippen LogP contribution < -0.4 is 0 Å². The second-order valence-corrected chi connectivity index (χ2v) is 5.62. The van der Waals surface area contributed by atoms with E-state index in [-0.39, 0.29) is 11.8 Å². The Morgan fingerprint density at radius 2 is 2.17 bits per heavy atom. The van der Waals surface area contributed by atoms with Gasteiger partial charge in [-0.25, -0.2) is 0 Å². The molecule has 0 aromatic carbocycles. The van der Waals surface area contributed by atoms with Gasteiger partial charge in [0.15, 0.2) is 0 Å². The van der Waals surface area contributed by atoms with Crippen LogP contribution in [0.1, 0.15) is 51.3 Å². The molecule has 1 aromatic heterocycles. The van der Waals surface area contributed by atoms with Crippen molar-refractivity contribution >= 4 is 5.97 Å². The van der Waals surface area contributed by atoms with E-state index in [0.29, 0.717) is 12.5 Å². The molecule has 1 N–H and O–H groups in total. The molecule has 1 aliphatic rings. The van der Waals surface area contributed by atoms with Crippen molar-refractivity contribution in [1.29, 1.82) is 0 Å². The standard InChI is InChI=1S/C14H22N2O2/c1-10(2)13(14(17)18)9-11-7-8-16(15-11)12-5-3-4-6-12/h7-8,10,12-13H,3-6,9H2,1-2H3,(H,17,18). The maximum absolute atomic E-state index is 11.2. The molecule has 18 heavy (non-hydrogen) atoms. The molecule has 1 unspecified atom stereocenters. The zero-order valence-electron chi connectivity index (χ0n) is 11.2. The number of hydrogen-bond acceptors (Lipinski definition) is 2. The summed E-state index contributed by atoms with van der Waals surface area (Å²) in [5.41, 5.74) is 0.906. The van der Waals surface area contributed by atoms with E-state index < -0.39 is 5.97 Å². The lowest BCUT2D eigenvalue weighted by molar-refractivity contribution is -0.143. The molecule has 0 radical (unpaired) electrons. The van der Waals surface area contributed by atoms with E-state index in [0.717, 1.165) is 5.69 Å². The number of nitrogens with zero attached hydrogens (tertiary/aromatic N) is 2. The van der Waals surface area contributed by atoms with E-state index in [2.05, 4.69) is 5.10 Å². The topological polar surface area (TPSA) is 55.1 Å². The maximum atomic E-state index is 11.2. The van der Waals surface area contributed by atoms with E-state index >= 15 is 0 Å². The number of carboxylic acid groups (broad SMARTS) is 1. The molecule has 1 saturated carbocycles. The molecule has 0 amide bonds. The summed E-state index contributed by atoms with van der Waals surface area (Å²) in [5, 5.41) is 13.7. The predicted molar refractivity (Wildman–Crippen MR) is 69.4 cm³/mol. The van der Waals surface area contributed by atoms with Crippen LogP contribution in [0.25, 0.3) is 0 Å². The van der Waals surface area contributed by atoms with Gasteiger partial charge in [0.25, 0.3) is 0 Å². The quantitative estimate of drug-likeness (QED) is 0.874. The third kappa shape index (κ3) is 2.92. The normalized spacial score (nSPS) is 18.4. The van der Waals surface area contributed by atoms with E-state index in [9.17, 15) is 9.90 Å². The number of aliphatic carboxylic acids is 1. The Kier molecular flexibility index (Phi) is 4.04. The molecule has 1 atom stereocenters. The second kappa shape index (κ2) is 5.55. The monoisotopic (exact) mass is 250 g/mol. The Morgan fingerprint density at radius 1 is 1.50 bits per heavy atom. The van der Waals surface area contributed by atoms with Gasteiger partial charge in [0.2, 0.25) is 0 Å². The fraction of sp³-hybridized carbons (Fsp3) is 0.714. The smallest absolute Gasteiger partial charge is 0.307 e. The van der Waals surface area contributed by atoms with Crippen LogP contribution in [0.3, 0.4) is 0 Å². The van der Waals surface area contributed by atoms with Crippen molar-refractivity contribution < 1.29 is 9.90 Å². The van der Waals surface area contributed by atoms with Crippen molar-refractivity contribution in [3.8, 4) is 0 Å². The molecule has 0 saturated heterocycles. The molecule has 1 heterocycles. The average Bonchev–Trinajstić information content (AvgIpc) is 2.95. The number of rotatable bonds is 5. The van der Waals surface area contributed by atoms with Gasteiger partial charge in [-0.3, -0.25) is 9.48 Å². The molecular formula is C14H22N2O2. The Balaban J connectivity index is 2.03. The first-order valence-corrected chi connectivity index (χ1v) is 6.84. The minimum Gasteiger partial charge on any atom is -0.481 e. The van der Waals surface area contributed by atoms with Crippen LogP contribution in [0.5, 0.6) is 0 Å². The van der Waals surface area contributed by atoms with Crippen LogP contribution in [0.4, 0.5) is 0 Å². The van der Waals surface area contributed by atoms with Crippen molar-refractivity contribution in [2.45, 2.75) is 52.0 Å². The number of carbonyl (C=O) groups is 1. The first-order chi connectivity index (χ1) is 8.58. The maximum Gasteiger partial charge on any atom is 0.307 e. The number of aromatic nitrogens is 2. The molecule has 1 aliphatic carbocycles. The summed E-state index contributed by atoms with van der Waals surface area (Å²) in [7, 11) is 0. The van der Waals surface area contributed by atoms with Crippen molar-refractivity contribution in [3.63, 3.8) is 0 Å². The summed E-state index contributed by atoms with van der Waals surface area (Å²) in [6.45, 7) is 3.90. The minimum atomic E-state index is -0.722. The highest BCUT2D eigenvalue weighted by Gasteiger charge is 2.24. The van der Waals surface area contributed by atoms with Crippen LogP contribution in [0.15, 0.2) is 12.3 Å². The third-order valence-electron chi connectivity index (χ3n) is 3.91. The predicted octanol–water partition coefficient (Wildman–Crippen LogP) is 2.90. The molecule has 0 aliphatic heterocycles. The van der Waals surface area contributed by atoms with Crippen LogP contribution in [-0.4, -0.2) is 20.9 Å². The van der Waals surface area contributed by atoms with Crippen molar-refractivity contribution in [3.05, 3.63) is 18.0 Å². The number of hydrogen-bond donors (Lipinski definition) is 1. The van der Waals surface area contributed by atoms with Gasteiger partial charge in [0.1, 0.15) is 0 Å². The third-order valence-corrected chi connectivity index (χ3v) is 3.91. The molecule has 1 fully saturated rings. The lowest BCUT2D eigenvalue weighted by atomic mass is 9.91. The summed E-state index contributed by atoms with van der Waals surface area (Å²) in [6, 6.07) is 2.50. The molecule has 0 bridgehead atoms. The summed E-state index contributed by atoms with van der Waals surface area (Å²) >= 11 is 0.